The van der Waals surface area contributed by atoms with E-state index >= 15 is 0 Å². The van der Waals surface area contributed by atoms with Gasteiger partial charge in [-0.15, -0.1) is 12.4 Å². The molecule has 0 fully saturated rings. The van der Waals surface area contributed by atoms with Gasteiger partial charge in [0.15, 0.2) is 0 Å². The van der Waals surface area contributed by atoms with E-state index in [1.807, 2.05) is 0 Å². The average molecular weight is 261 g/mol. The van der Waals surface area contributed by atoms with Gasteiger partial charge in [0, 0.05) is 12.1 Å². The third-order valence-electron chi connectivity index (χ3n) is 2.23. The first-order valence-electron chi connectivity index (χ1n) is 4.68. The summed E-state index contributed by atoms with van der Waals surface area (Å²) in [6, 6.07) is 5.17. The van der Waals surface area contributed by atoms with Gasteiger partial charge < -0.3 is 10.4 Å². The van der Waals surface area contributed by atoms with Gasteiger partial charge >= 0.3 is 5.97 Å². The van der Waals surface area contributed by atoms with E-state index in [-0.39, 0.29) is 18.1 Å². The molecule has 1 atom stereocenters. The number of halogens is 1. The normalized spacial score (nSPS) is 11.4. The molecule has 0 spiro atoms. The van der Waals surface area contributed by atoms with Gasteiger partial charge in [0.2, 0.25) is 0 Å². The third-order valence-corrected chi connectivity index (χ3v) is 2.23. The van der Waals surface area contributed by atoms with Gasteiger partial charge in [-0.1, -0.05) is 12.1 Å². The molecule has 6 nitrogen and oxygen atoms in total. The van der Waals surface area contributed by atoms with Crippen LogP contribution in [-0.2, 0) is 11.2 Å². The summed E-state index contributed by atoms with van der Waals surface area (Å²) in [4.78, 5) is 20.6. The minimum Gasteiger partial charge on any atom is -0.480 e. The predicted octanol–water partition coefficient (Wildman–Crippen LogP) is 1.23. The minimum absolute atomic E-state index is 0. The Balaban J connectivity index is 0.00000256. The number of likely N-dealkylation sites (N-methyl/N-ethyl adjacent to an activating group) is 1. The minimum atomic E-state index is -0.944. The second kappa shape index (κ2) is 6.82. The molecule has 0 saturated carbocycles. The zero-order chi connectivity index (χ0) is 12.1. The molecule has 0 aliphatic heterocycles. The van der Waals surface area contributed by atoms with Crippen LogP contribution in [0.15, 0.2) is 24.3 Å². The van der Waals surface area contributed by atoms with Crippen molar-refractivity contribution in [3.05, 3.63) is 39.9 Å². The lowest BCUT2D eigenvalue weighted by Gasteiger charge is -2.10. The number of aliphatic carboxylic acids is 1. The number of rotatable bonds is 5. The van der Waals surface area contributed by atoms with E-state index in [1.54, 1.807) is 19.2 Å². The maximum atomic E-state index is 10.7. The van der Waals surface area contributed by atoms with E-state index in [2.05, 4.69) is 5.32 Å². The number of carbonyl (C=O) groups is 1. The summed E-state index contributed by atoms with van der Waals surface area (Å²) in [5.41, 5.74) is 0.743. The number of nitro benzene ring substituents is 1. The SMILES string of the molecule is CN[C@@H](Cc1ccc([N+](=O)[O-])cc1)C(=O)O.Cl. The molecule has 0 unspecified atom stereocenters. The highest BCUT2D eigenvalue weighted by Gasteiger charge is 2.15. The van der Waals surface area contributed by atoms with Crippen LogP contribution in [-0.4, -0.2) is 29.1 Å². The maximum Gasteiger partial charge on any atom is 0.321 e. The molecule has 0 saturated heterocycles. The number of nitrogens with zero attached hydrogens (tertiary/aromatic N) is 1. The largest absolute Gasteiger partial charge is 0.480 e. The van der Waals surface area contributed by atoms with Crippen molar-refractivity contribution in [2.75, 3.05) is 7.05 Å². The molecule has 0 amide bonds. The van der Waals surface area contributed by atoms with Gasteiger partial charge in [0.05, 0.1) is 4.92 Å². The van der Waals surface area contributed by atoms with E-state index in [4.69, 9.17) is 5.11 Å². The Labute approximate surface area is 104 Å². The smallest absolute Gasteiger partial charge is 0.321 e. The van der Waals surface area contributed by atoms with Crippen molar-refractivity contribution in [3.63, 3.8) is 0 Å². The number of nitrogens with one attached hydrogen (secondary N) is 1. The molecule has 1 rings (SSSR count). The van der Waals surface area contributed by atoms with Crippen molar-refractivity contribution >= 4 is 24.1 Å². The summed E-state index contributed by atoms with van der Waals surface area (Å²) in [5, 5.41) is 21.9. The Morgan fingerprint density at radius 2 is 2.00 bits per heavy atom. The lowest BCUT2D eigenvalue weighted by atomic mass is 10.1. The molecule has 1 aromatic carbocycles. The summed E-state index contributed by atoms with van der Waals surface area (Å²) < 4.78 is 0. The highest BCUT2D eigenvalue weighted by molar-refractivity contribution is 5.85. The molecular formula is C10H13ClN2O4. The molecule has 1 aromatic rings. The van der Waals surface area contributed by atoms with Crippen molar-refractivity contribution in [1.82, 2.24) is 5.32 Å². The van der Waals surface area contributed by atoms with Crippen molar-refractivity contribution in [2.24, 2.45) is 0 Å². The van der Waals surface area contributed by atoms with Crippen LogP contribution in [0.3, 0.4) is 0 Å². The Bertz CT molecular complexity index is 394. The molecular weight excluding hydrogens is 248 g/mol. The van der Waals surface area contributed by atoms with E-state index < -0.39 is 16.9 Å². The third kappa shape index (κ3) is 4.38. The fraction of sp³-hybridized carbons (Fsp3) is 0.300. The summed E-state index contributed by atoms with van der Waals surface area (Å²) >= 11 is 0. The second-order valence-corrected chi connectivity index (χ2v) is 3.31. The highest BCUT2D eigenvalue weighted by Crippen LogP contribution is 2.13. The van der Waals surface area contributed by atoms with Gasteiger partial charge in [-0.05, 0) is 19.0 Å². The van der Waals surface area contributed by atoms with Gasteiger partial charge in [-0.2, -0.15) is 0 Å². The number of nitro groups is 1. The lowest BCUT2D eigenvalue weighted by molar-refractivity contribution is -0.384. The number of carboxylic acid groups (broad SMARTS) is 1. The van der Waals surface area contributed by atoms with Gasteiger partial charge in [0.1, 0.15) is 6.04 Å². The second-order valence-electron chi connectivity index (χ2n) is 3.31. The van der Waals surface area contributed by atoms with Crippen molar-refractivity contribution in [3.8, 4) is 0 Å². The average Bonchev–Trinajstić information content (AvgIpc) is 2.26. The van der Waals surface area contributed by atoms with E-state index in [0.29, 0.717) is 6.42 Å². The molecule has 2 N–H and O–H groups in total. The predicted molar refractivity (Wildman–Crippen MR) is 64.5 cm³/mol. The fourth-order valence-electron chi connectivity index (χ4n) is 1.30. The van der Waals surface area contributed by atoms with Crippen molar-refractivity contribution < 1.29 is 14.8 Å². The fourth-order valence-corrected chi connectivity index (χ4v) is 1.30. The number of hydrogen-bond acceptors (Lipinski definition) is 4. The van der Waals surface area contributed by atoms with Crippen LogP contribution >= 0.6 is 12.4 Å². The first kappa shape index (κ1) is 15.3. The molecule has 0 aliphatic carbocycles. The van der Waals surface area contributed by atoms with Crippen LogP contribution in [0, 0.1) is 10.1 Å². The number of non-ortho nitro benzene ring substituents is 1. The summed E-state index contributed by atoms with van der Waals surface area (Å²) in [6.07, 6.45) is 0.295. The molecule has 0 heterocycles. The lowest BCUT2D eigenvalue weighted by Crippen LogP contribution is -2.35. The first-order valence-corrected chi connectivity index (χ1v) is 4.68. The molecule has 17 heavy (non-hydrogen) atoms. The monoisotopic (exact) mass is 260 g/mol. The quantitative estimate of drug-likeness (QED) is 0.614. The zero-order valence-electron chi connectivity index (χ0n) is 9.12. The summed E-state index contributed by atoms with van der Waals surface area (Å²) in [7, 11) is 1.56. The van der Waals surface area contributed by atoms with E-state index in [1.165, 1.54) is 12.1 Å². The molecule has 0 radical (unpaired) electrons. The van der Waals surface area contributed by atoms with Crippen LogP contribution in [0.25, 0.3) is 0 Å². The molecule has 94 valence electrons. The van der Waals surface area contributed by atoms with Gasteiger partial charge in [0.25, 0.3) is 5.69 Å². The van der Waals surface area contributed by atoms with Crippen LogP contribution < -0.4 is 5.32 Å². The first-order chi connectivity index (χ1) is 7.54. The highest BCUT2D eigenvalue weighted by atomic mass is 35.5. The topological polar surface area (TPSA) is 92.5 Å². The Kier molecular flexibility index (Phi) is 6.16. The van der Waals surface area contributed by atoms with Crippen LogP contribution in [0.1, 0.15) is 5.56 Å². The Morgan fingerprint density at radius 1 is 1.47 bits per heavy atom. The summed E-state index contributed by atoms with van der Waals surface area (Å²) in [6.45, 7) is 0. The van der Waals surface area contributed by atoms with Gasteiger partial charge in [-0.3, -0.25) is 14.9 Å². The van der Waals surface area contributed by atoms with Crippen LogP contribution in [0.4, 0.5) is 5.69 Å². The van der Waals surface area contributed by atoms with Crippen LogP contribution in [0.2, 0.25) is 0 Å². The summed E-state index contributed by atoms with van der Waals surface area (Å²) in [5.74, 6) is -0.944. The van der Waals surface area contributed by atoms with E-state index in [0.717, 1.165) is 5.56 Å². The molecule has 0 aromatic heterocycles. The number of benzene rings is 1. The molecule has 7 heteroatoms. The van der Waals surface area contributed by atoms with Crippen molar-refractivity contribution in [2.45, 2.75) is 12.5 Å². The van der Waals surface area contributed by atoms with Crippen molar-refractivity contribution in [1.29, 1.82) is 0 Å². The zero-order valence-corrected chi connectivity index (χ0v) is 9.94. The van der Waals surface area contributed by atoms with Crippen LogP contribution in [0.5, 0.6) is 0 Å². The van der Waals surface area contributed by atoms with Gasteiger partial charge in [-0.25, -0.2) is 0 Å². The standard InChI is InChI=1S/C10H12N2O4.ClH/c1-11-9(10(13)14)6-7-2-4-8(5-3-7)12(15)16;/h2-5,9,11H,6H2,1H3,(H,13,14);1H/t9-;/m0./s1. The molecule has 0 bridgehead atoms. The van der Waals surface area contributed by atoms with E-state index in [9.17, 15) is 14.9 Å². The number of hydrogen-bond donors (Lipinski definition) is 2. The Hall–Kier alpha value is -1.66. The maximum absolute atomic E-state index is 10.7. The molecule has 0 aliphatic rings. The number of carboxylic acids is 1. The Morgan fingerprint density at radius 3 is 2.35 bits per heavy atom.